The van der Waals surface area contributed by atoms with Crippen LogP contribution < -0.4 is 10.2 Å². The third-order valence-corrected chi connectivity index (χ3v) is 7.82. The lowest BCUT2D eigenvalue weighted by Gasteiger charge is -2.45. The number of fused-ring (bicyclic) bond motifs is 1. The second-order valence-electron chi connectivity index (χ2n) is 10.1. The quantitative estimate of drug-likeness (QED) is 0.368. The van der Waals surface area contributed by atoms with E-state index >= 15 is 0 Å². The Morgan fingerprint density at radius 2 is 1.87 bits per heavy atom. The highest BCUT2D eigenvalue weighted by Gasteiger charge is 2.45. The van der Waals surface area contributed by atoms with E-state index < -0.39 is 0 Å². The SMILES string of the molecule is CC.CCC(C)=C(Nc1ccc(C#N)cc1C)C1(c2ccc3c(n2)CCCN3c2ccnc(C)n2)CCC1. The lowest BCUT2D eigenvalue weighted by Crippen LogP contribution is -2.41. The Bertz CT molecular complexity index is 1360. The number of aryl methyl sites for hydroxylation is 3. The minimum Gasteiger partial charge on any atom is -0.358 e. The van der Waals surface area contributed by atoms with Crippen molar-refractivity contribution in [3.63, 3.8) is 0 Å². The summed E-state index contributed by atoms with van der Waals surface area (Å²) < 4.78 is 0. The number of anilines is 3. The van der Waals surface area contributed by atoms with E-state index in [4.69, 9.17) is 4.98 Å². The van der Waals surface area contributed by atoms with Crippen LogP contribution in [0, 0.1) is 25.2 Å². The zero-order valence-electron chi connectivity index (χ0n) is 23.7. The molecule has 1 saturated carbocycles. The van der Waals surface area contributed by atoms with Gasteiger partial charge in [0.2, 0.25) is 0 Å². The third-order valence-electron chi connectivity index (χ3n) is 7.82. The molecule has 0 saturated heterocycles. The standard InChI is InChI=1S/C30H34N6.C2H6/c1-5-20(2)29(35-24-10-9-23(19-31)18-21(24)3)30(14-7-15-30)27-12-11-26-25(34-27)8-6-17-36(26)28-13-16-32-22(4)33-28;1-2/h9-13,16,18,35H,5-8,14-15,17H2,1-4H3;1-2H3. The molecule has 38 heavy (non-hydrogen) atoms. The molecular formula is C32H40N6. The summed E-state index contributed by atoms with van der Waals surface area (Å²) in [4.78, 5) is 16.6. The molecular weight excluding hydrogens is 468 g/mol. The van der Waals surface area contributed by atoms with Gasteiger partial charge in [0.15, 0.2) is 0 Å². The topological polar surface area (TPSA) is 77.7 Å². The van der Waals surface area contributed by atoms with Gasteiger partial charge in [-0.05, 0) is 94.8 Å². The average molecular weight is 509 g/mol. The number of hydrogen-bond acceptors (Lipinski definition) is 6. The molecule has 2 aromatic heterocycles. The summed E-state index contributed by atoms with van der Waals surface area (Å²) in [5.41, 5.74) is 8.83. The van der Waals surface area contributed by atoms with Gasteiger partial charge in [-0.15, -0.1) is 0 Å². The average Bonchev–Trinajstić information content (AvgIpc) is 2.93. The molecule has 2 aliphatic rings. The molecule has 0 atom stereocenters. The van der Waals surface area contributed by atoms with Crippen molar-refractivity contribution in [2.45, 2.75) is 85.5 Å². The second-order valence-corrected chi connectivity index (χ2v) is 10.1. The van der Waals surface area contributed by atoms with Gasteiger partial charge in [-0.25, -0.2) is 9.97 Å². The first-order valence-corrected chi connectivity index (χ1v) is 14.0. The Morgan fingerprint density at radius 1 is 1.08 bits per heavy atom. The van der Waals surface area contributed by atoms with E-state index in [1.54, 1.807) is 0 Å². The van der Waals surface area contributed by atoms with Gasteiger partial charge in [-0.2, -0.15) is 5.26 Å². The number of nitrogens with one attached hydrogen (secondary N) is 1. The first-order valence-electron chi connectivity index (χ1n) is 14.0. The van der Waals surface area contributed by atoms with Gasteiger partial charge in [0, 0.05) is 24.1 Å². The zero-order valence-corrected chi connectivity index (χ0v) is 23.7. The molecule has 1 aromatic carbocycles. The van der Waals surface area contributed by atoms with E-state index in [0.717, 1.165) is 78.6 Å². The van der Waals surface area contributed by atoms with Crippen molar-refractivity contribution in [3.05, 3.63) is 82.2 Å². The van der Waals surface area contributed by atoms with Crippen molar-refractivity contribution < 1.29 is 0 Å². The van der Waals surface area contributed by atoms with Crippen LogP contribution in [0.1, 0.15) is 88.1 Å². The zero-order chi connectivity index (χ0) is 27.3. The lowest BCUT2D eigenvalue weighted by atomic mass is 9.63. The molecule has 1 aliphatic carbocycles. The fourth-order valence-corrected chi connectivity index (χ4v) is 5.53. The van der Waals surface area contributed by atoms with Crippen molar-refractivity contribution in [1.82, 2.24) is 15.0 Å². The molecule has 6 nitrogen and oxygen atoms in total. The normalized spacial score (nSPS) is 16.2. The van der Waals surface area contributed by atoms with E-state index in [9.17, 15) is 5.26 Å². The Balaban J connectivity index is 0.00000164. The molecule has 3 aromatic rings. The summed E-state index contributed by atoms with van der Waals surface area (Å²) in [5, 5.41) is 13.1. The van der Waals surface area contributed by atoms with E-state index in [0.29, 0.717) is 5.56 Å². The number of rotatable bonds is 6. The van der Waals surface area contributed by atoms with E-state index in [-0.39, 0.29) is 5.41 Å². The van der Waals surface area contributed by atoms with Crippen LogP contribution in [0.25, 0.3) is 0 Å². The molecule has 0 spiro atoms. The Hall–Kier alpha value is -3.72. The minimum atomic E-state index is -0.108. The van der Waals surface area contributed by atoms with Crippen LogP contribution in [-0.4, -0.2) is 21.5 Å². The molecule has 198 valence electrons. The maximum atomic E-state index is 9.29. The maximum Gasteiger partial charge on any atom is 0.136 e. The van der Waals surface area contributed by atoms with Gasteiger partial charge in [-0.1, -0.05) is 32.8 Å². The monoisotopic (exact) mass is 508 g/mol. The van der Waals surface area contributed by atoms with Gasteiger partial charge in [0.05, 0.1) is 34.1 Å². The van der Waals surface area contributed by atoms with Gasteiger partial charge in [0.25, 0.3) is 0 Å². The summed E-state index contributed by atoms with van der Waals surface area (Å²) in [5.74, 6) is 1.73. The molecule has 6 heteroatoms. The summed E-state index contributed by atoms with van der Waals surface area (Å²) in [6.07, 6.45) is 8.21. The van der Waals surface area contributed by atoms with Crippen LogP contribution in [0.4, 0.5) is 17.2 Å². The highest BCUT2D eigenvalue weighted by molar-refractivity contribution is 5.65. The highest BCUT2D eigenvalue weighted by Crippen LogP contribution is 2.51. The predicted molar refractivity (Wildman–Crippen MR) is 156 cm³/mol. The van der Waals surface area contributed by atoms with Crippen LogP contribution in [0.15, 0.2) is 53.9 Å². The lowest BCUT2D eigenvalue weighted by molar-refractivity contribution is 0.285. The third kappa shape index (κ3) is 5.15. The fraction of sp³-hybridized carbons (Fsp3) is 0.438. The fourth-order valence-electron chi connectivity index (χ4n) is 5.53. The maximum absolute atomic E-state index is 9.29. The summed E-state index contributed by atoms with van der Waals surface area (Å²) in [7, 11) is 0. The van der Waals surface area contributed by atoms with Crippen molar-refractivity contribution in [2.24, 2.45) is 0 Å². The summed E-state index contributed by atoms with van der Waals surface area (Å²) in [6.45, 7) is 13.4. The smallest absolute Gasteiger partial charge is 0.136 e. The van der Waals surface area contributed by atoms with E-state index in [1.165, 1.54) is 17.7 Å². The molecule has 1 aliphatic heterocycles. The van der Waals surface area contributed by atoms with Crippen LogP contribution >= 0.6 is 0 Å². The molecule has 0 amide bonds. The number of nitrogens with zero attached hydrogens (tertiary/aromatic N) is 5. The van der Waals surface area contributed by atoms with Crippen LogP contribution in [-0.2, 0) is 11.8 Å². The van der Waals surface area contributed by atoms with Crippen LogP contribution in [0.3, 0.4) is 0 Å². The van der Waals surface area contributed by atoms with Gasteiger partial charge >= 0.3 is 0 Å². The molecule has 5 rings (SSSR count). The highest BCUT2D eigenvalue weighted by atomic mass is 15.2. The van der Waals surface area contributed by atoms with Crippen LogP contribution in [0.2, 0.25) is 0 Å². The van der Waals surface area contributed by atoms with Gasteiger partial charge in [-0.3, -0.25) is 4.98 Å². The van der Waals surface area contributed by atoms with Gasteiger partial charge < -0.3 is 10.2 Å². The number of nitriles is 1. The molecule has 1 fully saturated rings. The Labute approximate surface area is 227 Å². The van der Waals surface area contributed by atoms with E-state index in [2.05, 4.69) is 59.2 Å². The predicted octanol–water partition coefficient (Wildman–Crippen LogP) is 7.69. The molecule has 0 radical (unpaired) electrons. The number of allylic oxidation sites excluding steroid dienone is 2. The van der Waals surface area contributed by atoms with E-state index in [1.807, 2.05) is 51.2 Å². The molecule has 3 heterocycles. The van der Waals surface area contributed by atoms with Crippen molar-refractivity contribution in [3.8, 4) is 6.07 Å². The minimum absolute atomic E-state index is 0.108. The number of benzene rings is 1. The molecule has 0 unspecified atom stereocenters. The largest absolute Gasteiger partial charge is 0.358 e. The molecule has 1 N–H and O–H groups in total. The van der Waals surface area contributed by atoms with Crippen molar-refractivity contribution in [1.29, 1.82) is 5.26 Å². The Morgan fingerprint density at radius 3 is 2.50 bits per heavy atom. The number of pyridine rings is 1. The first-order chi connectivity index (χ1) is 18.4. The van der Waals surface area contributed by atoms with Crippen molar-refractivity contribution >= 4 is 17.2 Å². The van der Waals surface area contributed by atoms with Gasteiger partial charge in [0.1, 0.15) is 11.6 Å². The Kier molecular flexibility index (Phi) is 8.46. The number of aromatic nitrogens is 3. The second kappa shape index (κ2) is 11.8. The van der Waals surface area contributed by atoms with Crippen molar-refractivity contribution in [2.75, 3.05) is 16.8 Å². The molecule has 0 bridgehead atoms. The first kappa shape index (κ1) is 27.3. The summed E-state index contributed by atoms with van der Waals surface area (Å²) >= 11 is 0. The van der Waals surface area contributed by atoms with Crippen LogP contribution in [0.5, 0.6) is 0 Å². The summed E-state index contributed by atoms with van der Waals surface area (Å²) in [6, 6.07) is 14.6. The number of hydrogen-bond donors (Lipinski definition) is 1.